The van der Waals surface area contributed by atoms with Gasteiger partial charge < -0.3 is 19.4 Å². The van der Waals surface area contributed by atoms with Crippen molar-refractivity contribution < 1.29 is 14.3 Å². The second-order valence-electron chi connectivity index (χ2n) is 8.04. The van der Waals surface area contributed by atoms with Crippen LogP contribution < -0.4 is 15.0 Å². The predicted octanol–water partition coefficient (Wildman–Crippen LogP) is 4.56. The fourth-order valence-corrected chi connectivity index (χ4v) is 3.38. The molecule has 1 heterocycles. The van der Waals surface area contributed by atoms with Gasteiger partial charge in [-0.2, -0.15) is 0 Å². The van der Waals surface area contributed by atoms with Gasteiger partial charge in [-0.05, 0) is 56.2 Å². The highest BCUT2D eigenvalue weighted by Gasteiger charge is 2.17. The number of nitrogens with zero attached hydrogens (tertiary/aromatic N) is 2. The number of unbranched alkanes of at least 4 members (excludes halogenated alkanes) is 1. The van der Waals surface area contributed by atoms with E-state index in [-0.39, 0.29) is 24.1 Å². The standard InChI is InChI=1S/C26H31N3O4/c1-5-6-15-33-22-13-11-19(16-23(22)32-4)12-14-25(30)29(18(2)3)17-24-27-21-10-8-7-9-20(21)26(31)28-24/h7-14,16,18H,5-6,15,17H2,1-4H3,(H,27,28,31)/b14-12+. The highest BCUT2D eigenvalue weighted by atomic mass is 16.5. The number of aromatic amines is 1. The molecule has 7 heteroatoms. The van der Waals surface area contributed by atoms with Crippen LogP contribution in [0.25, 0.3) is 17.0 Å². The molecule has 0 bridgehead atoms. The minimum Gasteiger partial charge on any atom is -0.493 e. The Morgan fingerprint density at radius 1 is 1.18 bits per heavy atom. The molecule has 1 N–H and O–H groups in total. The Hall–Kier alpha value is -3.61. The molecule has 0 aliphatic rings. The third-order valence-corrected chi connectivity index (χ3v) is 5.25. The number of ether oxygens (including phenoxy) is 2. The summed E-state index contributed by atoms with van der Waals surface area (Å²) in [6, 6.07) is 12.6. The first-order chi connectivity index (χ1) is 15.9. The first kappa shape index (κ1) is 24.0. The maximum Gasteiger partial charge on any atom is 0.258 e. The molecule has 1 amide bonds. The maximum atomic E-state index is 13.0. The van der Waals surface area contributed by atoms with Crippen LogP contribution in [0.4, 0.5) is 0 Å². The van der Waals surface area contributed by atoms with Crippen LogP contribution >= 0.6 is 0 Å². The summed E-state index contributed by atoms with van der Waals surface area (Å²) in [4.78, 5) is 34.3. The van der Waals surface area contributed by atoms with Crippen molar-refractivity contribution in [1.82, 2.24) is 14.9 Å². The molecule has 0 radical (unpaired) electrons. The molecule has 0 saturated carbocycles. The second kappa shape index (κ2) is 11.3. The fraction of sp³-hybridized carbons (Fsp3) is 0.346. The highest BCUT2D eigenvalue weighted by Crippen LogP contribution is 2.28. The quantitative estimate of drug-likeness (QED) is 0.362. The molecule has 33 heavy (non-hydrogen) atoms. The van der Waals surface area contributed by atoms with Gasteiger partial charge in [0.25, 0.3) is 5.56 Å². The number of H-pyrrole nitrogens is 1. The summed E-state index contributed by atoms with van der Waals surface area (Å²) >= 11 is 0. The molecule has 2 aromatic carbocycles. The molecule has 1 aromatic heterocycles. The Morgan fingerprint density at radius 3 is 2.70 bits per heavy atom. The number of amides is 1. The lowest BCUT2D eigenvalue weighted by atomic mass is 10.1. The first-order valence-corrected chi connectivity index (χ1v) is 11.2. The summed E-state index contributed by atoms with van der Waals surface area (Å²) in [7, 11) is 1.60. The predicted molar refractivity (Wildman–Crippen MR) is 130 cm³/mol. The SMILES string of the molecule is CCCCOc1ccc(/C=C/C(=O)N(Cc2nc3ccccc3c(=O)[nH]2)C(C)C)cc1OC. The van der Waals surface area contributed by atoms with E-state index >= 15 is 0 Å². The summed E-state index contributed by atoms with van der Waals surface area (Å²) in [5.41, 5.74) is 1.22. The number of nitrogens with one attached hydrogen (secondary N) is 1. The highest BCUT2D eigenvalue weighted by molar-refractivity contribution is 5.92. The van der Waals surface area contributed by atoms with Crippen LogP contribution in [0.1, 0.15) is 45.0 Å². The molecule has 0 aliphatic carbocycles. The smallest absolute Gasteiger partial charge is 0.258 e. The molecule has 3 rings (SSSR count). The normalized spacial score (nSPS) is 11.3. The van der Waals surface area contributed by atoms with E-state index in [1.807, 2.05) is 38.1 Å². The van der Waals surface area contributed by atoms with Gasteiger partial charge in [0.1, 0.15) is 5.82 Å². The summed E-state index contributed by atoms with van der Waals surface area (Å²) in [6.07, 6.45) is 5.29. The second-order valence-corrected chi connectivity index (χ2v) is 8.04. The number of aromatic nitrogens is 2. The third kappa shape index (κ3) is 6.22. The van der Waals surface area contributed by atoms with Crippen LogP contribution in [0.5, 0.6) is 11.5 Å². The van der Waals surface area contributed by atoms with Gasteiger partial charge in [0.15, 0.2) is 11.5 Å². The zero-order valence-corrected chi connectivity index (χ0v) is 19.6. The largest absolute Gasteiger partial charge is 0.493 e. The zero-order valence-electron chi connectivity index (χ0n) is 19.6. The monoisotopic (exact) mass is 449 g/mol. The van der Waals surface area contributed by atoms with Crippen molar-refractivity contribution in [3.05, 3.63) is 70.3 Å². The van der Waals surface area contributed by atoms with Crippen LogP contribution in [0.2, 0.25) is 0 Å². The lowest BCUT2D eigenvalue weighted by molar-refractivity contribution is -0.128. The van der Waals surface area contributed by atoms with Crippen LogP contribution in [0.3, 0.4) is 0 Å². The van der Waals surface area contributed by atoms with Crippen LogP contribution in [0, 0.1) is 0 Å². The Labute approximate surface area is 194 Å². The number of hydrogen-bond acceptors (Lipinski definition) is 5. The lowest BCUT2D eigenvalue weighted by Crippen LogP contribution is -2.36. The number of fused-ring (bicyclic) bond motifs is 1. The number of para-hydroxylation sites is 1. The van der Waals surface area contributed by atoms with Gasteiger partial charge in [-0.1, -0.05) is 31.5 Å². The van der Waals surface area contributed by atoms with Crippen molar-refractivity contribution in [2.24, 2.45) is 0 Å². The van der Waals surface area contributed by atoms with E-state index in [2.05, 4.69) is 16.9 Å². The average molecular weight is 450 g/mol. The van der Waals surface area contributed by atoms with E-state index < -0.39 is 0 Å². The van der Waals surface area contributed by atoms with E-state index in [9.17, 15) is 9.59 Å². The molecule has 0 spiro atoms. The molecule has 0 atom stereocenters. The van der Waals surface area contributed by atoms with Crippen LogP contribution in [-0.4, -0.2) is 40.5 Å². The van der Waals surface area contributed by atoms with Crippen molar-refractivity contribution in [1.29, 1.82) is 0 Å². The van der Waals surface area contributed by atoms with Gasteiger partial charge in [-0.3, -0.25) is 9.59 Å². The topological polar surface area (TPSA) is 84.5 Å². The van der Waals surface area contributed by atoms with E-state index in [0.717, 1.165) is 18.4 Å². The average Bonchev–Trinajstić information content (AvgIpc) is 2.81. The van der Waals surface area contributed by atoms with Gasteiger partial charge in [-0.15, -0.1) is 0 Å². The Kier molecular flexibility index (Phi) is 8.24. The number of benzene rings is 2. The summed E-state index contributed by atoms with van der Waals surface area (Å²) in [6.45, 7) is 6.80. The van der Waals surface area contributed by atoms with Gasteiger partial charge in [-0.25, -0.2) is 4.98 Å². The summed E-state index contributed by atoms with van der Waals surface area (Å²) in [5, 5.41) is 0.527. The molecular formula is C26H31N3O4. The van der Waals surface area contributed by atoms with Gasteiger partial charge in [0, 0.05) is 12.1 Å². The zero-order chi connectivity index (χ0) is 23.8. The molecule has 0 aliphatic heterocycles. The Morgan fingerprint density at radius 2 is 1.97 bits per heavy atom. The van der Waals surface area contributed by atoms with E-state index in [4.69, 9.17) is 9.47 Å². The van der Waals surface area contributed by atoms with Gasteiger partial charge >= 0.3 is 0 Å². The van der Waals surface area contributed by atoms with Crippen molar-refractivity contribution in [2.75, 3.05) is 13.7 Å². The third-order valence-electron chi connectivity index (χ3n) is 5.25. The van der Waals surface area contributed by atoms with Crippen LogP contribution in [0.15, 0.2) is 53.3 Å². The number of rotatable bonds is 10. The Balaban J connectivity index is 1.76. The number of hydrogen-bond donors (Lipinski definition) is 1. The van der Waals surface area contributed by atoms with E-state index in [0.29, 0.717) is 34.8 Å². The minimum absolute atomic E-state index is 0.0807. The van der Waals surface area contributed by atoms with Crippen molar-refractivity contribution >= 4 is 22.9 Å². The molecule has 0 saturated heterocycles. The van der Waals surface area contributed by atoms with Crippen molar-refractivity contribution in [3.63, 3.8) is 0 Å². The van der Waals surface area contributed by atoms with E-state index in [1.54, 1.807) is 36.3 Å². The fourth-order valence-electron chi connectivity index (χ4n) is 3.38. The molecule has 0 fully saturated rings. The minimum atomic E-state index is -0.212. The molecule has 3 aromatic rings. The van der Waals surface area contributed by atoms with Crippen molar-refractivity contribution in [3.8, 4) is 11.5 Å². The van der Waals surface area contributed by atoms with Gasteiger partial charge in [0.05, 0.1) is 31.2 Å². The van der Waals surface area contributed by atoms with E-state index in [1.165, 1.54) is 6.08 Å². The number of methoxy groups -OCH3 is 1. The Bertz CT molecular complexity index is 1180. The molecular weight excluding hydrogens is 418 g/mol. The number of carbonyl (C=O) groups is 1. The summed E-state index contributed by atoms with van der Waals surface area (Å²) in [5.74, 6) is 1.58. The van der Waals surface area contributed by atoms with Crippen LogP contribution in [-0.2, 0) is 11.3 Å². The molecule has 174 valence electrons. The summed E-state index contributed by atoms with van der Waals surface area (Å²) < 4.78 is 11.2. The van der Waals surface area contributed by atoms with Crippen molar-refractivity contribution in [2.45, 2.75) is 46.2 Å². The number of carbonyl (C=O) groups excluding carboxylic acids is 1. The molecule has 7 nitrogen and oxygen atoms in total. The first-order valence-electron chi connectivity index (χ1n) is 11.2. The molecule has 0 unspecified atom stereocenters. The maximum absolute atomic E-state index is 13.0. The van der Waals surface area contributed by atoms with Gasteiger partial charge in [0.2, 0.25) is 5.91 Å². The lowest BCUT2D eigenvalue weighted by Gasteiger charge is -2.25.